The summed E-state index contributed by atoms with van der Waals surface area (Å²) >= 11 is 0. The quantitative estimate of drug-likeness (QED) is 0.675. The molecule has 0 fully saturated rings. The van der Waals surface area contributed by atoms with Gasteiger partial charge in [0.2, 0.25) is 0 Å². The maximum Gasteiger partial charge on any atom is 0.419 e. The number of rotatable bonds is 5. The van der Waals surface area contributed by atoms with Gasteiger partial charge in [0.25, 0.3) is 0 Å². The van der Waals surface area contributed by atoms with Crippen molar-refractivity contribution in [1.29, 1.82) is 0 Å². The summed E-state index contributed by atoms with van der Waals surface area (Å²) in [5.74, 6) is -0.801. The second-order valence-electron chi connectivity index (χ2n) is 5.89. The normalized spacial score (nSPS) is 10.9. The van der Waals surface area contributed by atoms with Crippen LogP contribution in [-0.2, 0) is 22.7 Å². The lowest BCUT2D eigenvalue weighted by Gasteiger charge is -2.07. The molecule has 0 saturated heterocycles. The minimum Gasteiger partial charge on any atom is -0.461 e. The largest absolute Gasteiger partial charge is 0.461 e. The lowest BCUT2D eigenvalue weighted by molar-refractivity contribution is -0.145. The van der Waals surface area contributed by atoms with E-state index in [-0.39, 0.29) is 25.5 Å². The molecule has 0 aliphatic carbocycles. The predicted octanol–water partition coefficient (Wildman–Crippen LogP) is 3.34. The van der Waals surface area contributed by atoms with E-state index in [4.69, 9.17) is 9.15 Å². The summed E-state index contributed by atoms with van der Waals surface area (Å²) in [6.07, 6.45) is 0.119. The molecule has 5 nitrogen and oxygen atoms in total. The highest BCUT2D eigenvalue weighted by atomic mass is 16.5. The van der Waals surface area contributed by atoms with Gasteiger partial charge in [0.1, 0.15) is 6.61 Å². The van der Waals surface area contributed by atoms with E-state index in [1.165, 1.54) is 4.57 Å². The van der Waals surface area contributed by atoms with Crippen LogP contribution in [0.5, 0.6) is 0 Å². The minimum atomic E-state index is -0.460. The smallest absolute Gasteiger partial charge is 0.419 e. The summed E-state index contributed by atoms with van der Waals surface area (Å²) in [6, 6.07) is 13.2. The number of ether oxygens (including phenoxy) is 1. The van der Waals surface area contributed by atoms with Gasteiger partial charge in [-0.1, -0.05) is 41.5 Å². The number of carbonyl (C=O) groups is 1. The van der Waals surface area contributed by atoms with Crippen LogP contribution in [0.3, 0.4) is 0 Å². The van der Waals surface area contributed by atoms with E-state index in [2.05, 4.69) is 6.07 Å². The zero-order chi connectivity index (χ0) is 17.1. The number of oxazole rings is 1. The average molecular weight is 325 g/mol. The van der Waals surface area contributed by atoms with E-state index in [0.29, 0.717) is 11.1 Å². The lowest BCUT2D eigenvalue weighted by atomic mass is 10.1. The molecule has 124 valence electrons. The van der Waals surface area contributed by atoms with E-state index < -0.39 is 5.76 Å². The van der Waals surface area contributed by atoms with Gasteiger partial charge >= 0.3 is 11.7 Å². The Labute approximate surface area is 139 Å². The fraction of sp³-hybridized carbons (Fsp3) is 0.263. The molecular formula is C19H19NO4. The Morgan fingerprint density at radius 2 is 1.83 bits per heavy atom. The van der Waals surface area contributed by atoms with Gasteiger partial charge in [0, 0.05) is 6.54 Å². The number of hydrogen-bond donors (Lipinski definition) is 0. The van der Waals surface area contributed by atoms with Crippen molar-refractivity contribution in [3.05, 3.63) is 69.7 Å². The molecule has 0 amide bonds. The molecule has 0 saturated carbocycles. The Balaban J connectivity index is 1.61. The van der Waals surface area contributed by atoms with Crippen LogP contribution in [0.1, 0.15) is 23.1 Å². The highest BCUT2D eigenvalue weighted by Gasteiger charge is 2.11. The van der Waals surface area contributed by atoms with Gasteiger partial charge in [-0.25, -0.2) is 4.79 Å². The number of para-hydroxylation sites is 2. The summed E-state index contributed by atoms with van der Waals surface area (Å²) in [7, 11) is 0. The summed E-state index contributed by atoms with van der Waals surface area (Å²) in [5.41, 5.74) is 4.44. The third kappa shape index (κ3) is 3.56. The second-order valence-corrected chi connectivity index (χ2v) is 5.89. The van der Waals surface area contributed by atoms with Gasteiger partial charge in [0.05, 0.1) is 11.9 Å². The highest BCUT2D eigenvalue weighted by Crippen LogP contribution is 2.13. The summed E-state index contributed by atoms with van der Waals surface area (Å²) in [6.45, 7) is 4.49. The van der Waals surface area contributed by atoms with Gasteiger partial charge in [-0.15, -0.1) is 0 Å². The van der Waals surface area contributed by atoms with Crippen molar-refractivity contribution in [1.82, 2.24) is 4.57 Å². The molecule has 1 aromatic heterocycles. The fourth-order valence-electron chi connectivity index (χ4n) is 2.82. The van der Waals surface area contributed by atoms with E-state index in [1.54, 1.807) is 18.2 Å². The number of hydrogen-bond acceptors (Lipinski definition) is 4. The monoisotopic (exact) mass is 325 g/mol. The summed E-state index contributed by atoms with van der Waals surface area (Å²) in [4.78, 5) is 23.8. The standard InChI is InChI=1S/C19H19NO4/c1-13-9-14(2)11-15(10-13)12-23-18(21)7-8-20-16-5-3-4-6-17(16)24-19(20)22/h3-6,9-11H,7-8,12H2,1-2H3. The number of aryl methyl sites for hydroxylation is 3. The molecule has 0 radical (unpaired) electrons. The first-order valence-electron chi connectivity index (χ1n) is 7.84. The lowest BCUT2D eigenvalue weighted by Crippen LogP contribution is -2.17. The number of benzene rings is 2. The molecule has 0 aliphatic rings. The van der Waals surface area contributed by atoms with Gasteiger partial charge in [-0.2, -0.15) is 0 Å². The SMILES string of the molecule is Cc1cc(C)cc(COC(=O)CCn2c(=O)oc3ccccc32)c1. The Hall–Kier alpha value is -2.82. The first-order chi connectivity index (χ1) is 11.5. The van der Waals surface area contributed by atoms with Crippen molar-refractivity contribution in [3.8, 4) is 0 Å². The number of nitrogens with zero attached hydrogens (tertiary/aromatic N) is 1. The third-order valence-corrected chi connectivity index (χ3v) is 3.79. The Bertz CT molecular complexity index is 916. The van der Waals surface area contributed by atoms with Crippen LogP contribution in [0.4, 0.5) is 0 Å². The van der Waals surface area contributed by atoms with E-state index in [9.17, 15) is 9.59 Å². The number of fused-ring (bicyclic) bond motifs is 1. The Morgan fingerprint density at radius 3 is 2.58 bits per heavy atom. The maximum absolute atomic E-state index is 12.0. The summed E-state index contributed by atoms with van der Waals surface area (Å²) in [5, 5.41) is 0. The van der Waals surface area contributed by atoms with Crippen LogP contribution < -0.4 is 5.76 Å². The van der Waals surface area contributed by atoms with E-state index >= 15 is 0 Å². The van der Waals surface area contributed by atoms with Crippen LogP contribution in [0.15, 0.2) is 51.7 Å². The maximum atomic E-state index is 12.0. The predicted molar refractivity (Wildman–Crippen MR) is 90.8 cm³/mol. The number of esters is 1. The third-order valence-electron chi connectivity index (χ3n) is 3.79. The first-order valence-corrected chi connectivity index (χ1v) is 7.84. The Kier molecular flexibility index (Phi) is 4.51. The van der Waals surface area contributed by atoms with Crippen LogP contribution in [0, 0.1) is 13.8 Å². The number of carbonyl (C=O) groups excluding carboxylic acids is 1. The van der Waals surface area contributed by atoms with Crippen molar-refractivity contribution in [2.24, 2.45) is 0 Å². The number of aromatic nitrogens is 1. The van der Waals surface area contributed by atoms with Crippen LogP contribution in [-0.4, -0.2) is 10.5 Å². The van der Waals surface area contributed by atoms with Crippen LogP contribution in [0.2, 0.25) is 0 Å². The van der Waals surface area contributed by atoms with Crippen LogP contribution >= 0.6 is 0 Å². The molecule has 0 atom stereocenters. The zero-order valence-electron chi connectivity index (χ0n) is 13.7. The molecule has 3 rings (SSSR count). The van der Waals surface area contributed by atoms with Gasteiger partial charge < -0.3 is 9.15 Å². The van der Waals surface area contributed by atoms with Gasteiger partial charge in [-0.05, 0) is 31.5 Å². The average Bonchev–Trinajstić information content (AvgIpc) is 2.85. The molecule has 3 aromatic rings. The fourth-order valence-corrected chi connectivity index (χ4v) is 2.82. The highest BCUT2D eigenvalue weighted by molar-refractivity contribution is 5.73. The molecule has 0 bridgehead atoms. The van der Waals surface area contributed by atoms with Gasteiger partial charge in [0.15, 0.2) is 5.58 Å². The second kappa shape index (κ2) is 6.74. The molecule has 0 spiro atoms. The zero-order valence-corrected chi connectivity index (χ0v) is 13.7. The molecule has 2 aromatic carbocycles. The van der Waals surface area contributed by atoms with Gasteiger partial charge in [-0.3, -0.25) is 9.36 Å². The molecule has 0 N–H and O–H groups in total. The van der Waals surface area contributed by atoms with Crippen LogP contribution in [0.25, 0.3) is 11.1 Å². The Morgan fingerprint density at radius 1 is 1.12 bits per heavy atom. The van der Waals surface area contributed by atoms with Crippen molar-refractivity contribution in [3.63, 3.8) is 0 Å². The molecule has 5 heteroatoms. The van der Waals surface area contributed by atoms with Crippen molar-refractivity contribution in [2.75, 3.05) is 0 Å². The molecule has 0 unspecified atom stereocenters. The molecule has 0 aliphatic heterocycles. The van der Waals surface area contributed by atoms with Crippen molar-refractivity contribution < 1.29 is 13.9 Å². The minimum absolute atomic E-state index is 0.119. The summed E-state index contributed by atoms with van der Waals surface area (Å²) < 4.78 is 11.9. The van der Waals surface area contributed by atoms with Crippen molar-refractivity contribution in [2.45, 2.75) is 33.4 Å². The van der Waals surface area contributed by atoms with E-state index in [0.717, 1.165) is 16.7 Å². The molecule has 1 heterocycles. The topological polar surface area (TPSA) is 61.4 Å². The first kappa shape index (κ1) is 16.1. The van der Waals surface area contributed by atoms with E-state index in [1.807, 2.05) is 32.0 Å². The van der Waals surface area contributed by atoms with Crippen molar-refractivity contribution >= 4 is 17.1 Å². The molecular weight excluding hydrogens is 306 g/mol. The molecule has 24 heavy (non-hydrogen) atoms.